The quantitative estimate of drug-likeness (QED) is 0.523. The van der Waals surface area contributed by atoms with Crippen molar-refractivity contribution in [2.75, 3.05) is 50.9 Å². The van der Waals surface area contributed by atoms with Gasteiger partial charge >= 0.3 is 6.01 Å². The molecule has 2 aromatic heterocycles. The first-order valence-corrected chi connectivity index (χ1v) is 12.5. The number of halogens is 2. The SMILES string of the molecule is Cn1cc2c(n1)c(Br)cc1nc(OC[C@@]34CCCN3C[C@H](F)C4)nc(N3CCCOCC3)c12. The number of hydrogen-bond donors (Lipinski definition) is 0. The predicted octanol–water partition coefficient (Wildman–Crippen LogP) is 3.46. The molecule has 3 aliphatic heterocycles. The summed E-state index contributed by atoms with van der Waals surface area (Å²) in [7, 11) is 1.92. The van der Waals surface area contributed by atoms with Crippen LogP contribution in [0.4, 0.5) is 10.2 Å². The number of aryl methyl sites for hydroxylation is 1. The Bertz CT molecular complexity index is 1200. The van der Waals surface area contributed by atoms with Crippen LogP contribution < -0.4 is 9.64 Å². The van der Waals surface area contributed by atoms with E-state index < -0.39 is 6.17 Å². The third-order valence-electron chi connectivity index (χ3n) is 7.24. The van der Waals surface area contributed by atoms with Gasteiger partial charge in [-0.05, 0) is 47.8 Å². The van der Waals surface area contributed by atoms with Gasteiger partial charge in [-0.2, -0.15) is 15.1 Å². The summed E-state index contributed by atoms with van der Waals surface area (Å²) in [4.78, 5) is 14.2. The summed E-state index contributed by atoms with van der Waals surface area (Å²) < 4.78 is 28.8. The number of hydrogen-bond acceptors (Lipinski definition) is 7. The standard InChI is InChI=1S/C23H28BrFN6O2/c1-29-13-16-19-18(10-17(24)20(16)28-29)26-22(27-21(19)30-5-3-8-32-9-7-30)33-14-23-4-2-6-31(23)12-15(25)11-23/h10,13,15H,2-9,11-12,14H2,1H3/t15-,23+/m1/s1. The van der Waals surface area contributed by atoms with E-state index in [9.17, 15) is 4.39 Å². The second kappa shape index (κ2) is 8.32. The smallest absolute Gasteiger partial charge is 0.319 e. The van der Waals surface area contributed by atoms with E-state index in [1.807, 2.05) is 24.0 Å². The molecule has 5 heterocycles. The minimum atomic E-state index is -0.783. The Morgan fingerprint density at radius 2 is 2.15 bits per heavy atom. The van der Waals surface area contributed by atoms with Crippen LogP contribution in [0, 0.1) is 0 Å². The van der Waals surface area contributed by atoms with Crippen molar-refractivity contribution in [3.8, 4) is 6.01 Å². The normalized spacial score (nSPS) is 26.3. The van der Waals surface area contributed by atoms with Gasteiger partial charge in [-0.25, -0.2) is 4.39 Å². The molecule has 3 aliphatic rings. The minimum absolute atomic E-state index is 0.234. The minimum Gasteiger partial charge on any atom is -0.461 e. The summed E-state index contributed by atoms with van der Waals surface area (Å²) in [5.74, 6) is 0.849. The lowest BCUT2D eigenvalue weighted by Gasteiger charge is -2.31. The zero-order valence-corrected chi connectivity index (χ0v) is 20.4. The Balaban J connectivity index is 1.43. The first-order chi connectivity index (χ1) is 16.0. The van der Waals surface area contributed by atoms with Gasteiger partial charge in [-0.3, -0.25) is 9.58 Å². The maximum absolute atomic E-state index is 14.2. The van der Waals surface area contributed by atoms with E-state index in [2.05, 4.69) is 30.8 Å². The number of fused-ring (bicyclic) bond motifs is 4. The van der Waals surface area contributed by atoms with E-state index in [1.54, 1.807) is 0 Å². The number of benzene rings is 1. The van der Waals surface area contributed by atoms with Crippen LogP contribution in [-0.2, 0) is 11.8 Å². The zero-order chi connectivity index (χ0) is 22.6. The van der Waals surface area contributed by atoms with Gasteiger partial charge in [0.25, 0.3) is 0 Å². The Morgan fingerprint density at radius 1 is 1.24 bits per heavy atom. The highest BCUT2D eigenvalue weighted by Gasteiger charge is 2.49. The van der Waals surface area contributed by atoms with Crippen LogP contribution in [0.3, 0.4) is 0 Å². The molecule has 3 saturated heterocycles. The maximum Gasteiger partial charge on any atom is 0.319 e. The molecule has 0 amide bonds. The second-order valence-electron chi connectivity index (χ2n) is 9.46. The number of rotatable bonds is 4. The van der Waals surface area contributed by atoms with Crippen LogP contribution in [0.25, 0.3) is 21.8 Å². The summed E-state index contributed by atoms with van der Waals surface area (Å²) in [5, 5.41) is 6.60. The van der Waals surface area contributed by atoms with E-state index in [1.165, 1.54) is 0 Å². The van der Waals surface area contributed by atoms with Crippen LogP contribution in [0.15, 0.2) is 16.7 Å². The second-order valence-corrected chi connectivity index (χ2v) is 10.3. The first kappa shape index (κ1) is 21.5. The van der Waals surface area contributed by atoms with Gasteiger partial charge < -0.3 is 14.4 Å². The van der Waals surface area contributed by atoms with Crippen molar-refractivity contribution >= 4 is 43.6 Å². The van der Waals surface area contributed by atoms with Crippen LogP contribution in [0.5, 0.6) is 6.01 Å². The number of alkyl halides is 1. The Labute approximate surface area is 200 Å². The lowest BCUT2D eigenvalue weighted by atomic mass is 9.95. The molecule has 3 aromatic rings. The molecule has 0 N–H and O–H groups in total. The molecule has 8 nitrogen and oxygen atoms in total. The van der Waals surface area contributed by atoms with Gasteiger partial charge in [0, 0.05) is 55.8 Å². The van der Waals surface area contributed by atoms with Crippen LogP contribution in [-0.4, -0.2) is 82.4 Å². The summed E-state index contributed by atoms with van der Waals surface area (Å²) in [6.45, 7) is 4.87. The van der Waals surface area contributed by atoms with Crippen molar-refractivity contribution in [2.24, 2.45) is 7.05 Å². The molecule has 0 saturated carbocycles. The highest BCUT2D eigenvalue weighted by molar-refractivity contribution is 9.10. The molecule has 0 radical (unpaired) electrons. The van der Waals surface area contributed by atoms with Crippen molar-refractivity contribution in [1.29, 1.82) is 0 Å². The lowest BCUT2D eigenvalue weighted by Crippen LogP contribution is -2.43. The Kier molecular flexibility index (Phi) is 5.42. The fraction of sp³-hybridized carbons (Fsp3) is 0.609. The molecule has 0 aliphatic carbocycles. The number of anilines is 1. The molecular weight excluding hydrogens is 491 g/mol. The van der Waals surface area contributed by atoms with Crippen molar-refractivity contribution in [3.63, 3.8) is 0 Å². The van der Waals surface area contributed by atoms with Crippen LogP contribution in [0.2, 0.25) is 0 Å². The van der Waals surface area contributed by atoms with E-state index in [0.29, 0.717) is 32.2 Å². The molecule has 176 valence electrons. The molecule has 10 heteroatoms. The first-order valence-electron chi connectivity index (χ1n) is 11.7. The molecule has 33 heavy (non-hydrogen) atoms. The van der Waals surface area contributed by atoms with E-state index in [4.69, 9.17) is 19.4 Å². The summed E-state index contributed by atoms with van der Waals surface area (Å²) in [6.07, 6.45) is 4.73. The van der Waals surface area contributed by atoms with Crippen LogP contribution in [0.1, 0.15) is 25.7 Å². The Morgan fingerprint density at radius 3 is 3.06 bits per heavy atom. The van der Waals surface area contributed by atoms with Crippen molar-refractivity contribution in [1.82, 2.24) is 24.6 Å². The lowest BCUT2D eigenvalue weighted by molar-refractivity contribution is 0.107. The molecular formula is C23H28BrFN6O2. The fourth-order valence-corrected chi connectivity index (χ4v) is 6.25. The van der Waals surface area contributed by atoms with Gasteiger partial charge in [0.05, 0.1) is 23.0 Å². The number of nitrogens with zero attached hydrogens (tertiary/aromatic N) is 6. The Hall–Kier alpha value is -2.04. The average Bonchev–Trinajstić information content (AvgIpc) is 3.35. The van der Waals surface area contributed by atoms with E-state index in [0.717, 1.165) is 77.6 Å². The number of aromatic nitrogens is 4. The molecule has 0 bridgehead atoms. The fourth-order valence-electron chi connectivity index (χ4n) is 5.74. The predicted molar refractivity (Wildman–Crippen MR) is 128 cm³/mol. The summed E-state index contributed by atoms with van der Waals surface area (Å²) >= 11 is 3.67. The van der Waals surface area contributed by atoms with Crippen molar-refractivity contribution in [2.45, 2.75) is 37.4 Å². The molecule has 0 spiro atoms. The van der Waals surface area contributed by atoms with Gasteiger partial charge in [0.15, 0.2) is 0 Å². The van der Waals surface area contributed by atoms with Gasteiger partial charge in [-0.15, -0.1) is 0 Å². The van der Waals surface area contributed by atoms with Gasteiger partial charge in [0.2, 0.25) is 0 Å². The highest BCUT2D eigenvalue weighted by Crippen LogP contribution is 2.41. The van der Waals surface area contributed by atoms with E-state index in [-0.39, 0.29) is 5.54 Å². The third-order valence-corrected chi connectivity index (χ3v) is 7.84. The zero-order valence-electron chi connectivity index (χ0n) is 18.8. The maximum atomic E-state index is 14.2. The third kappa shape index (κ3) is 3.76. The molecule has 2 atom stereocenters. The number of ether oxygens (including phenoxy) is 2. The summed E-state index contributed by atoms with van der Waals surface area (Å²) in [5.41, 5.74) is 1.46. The van der Waals surface area contributed by atoms with E-state index >= 15 is 0 Å². The monoisotopic (exact) mass is 518 g/mol. The van der Waals surface area contributed by atoms with Crippen molar-refractivity contribution < 1.29 is 13.9 Å². The molecule has 1 aromatic carbocycles. The average molecular weight is 519 g/mol. The highest BCUT2D eigenvalue weighted by atomic mass is 79.9. The molecule has 0 unspecified atom stereocenters. The van der Waals surface area contributed by atoms with Crippen LogP contribution >= 0.6 is 15.9 Å². The molecule has 6 rings (SSSR count). The summed E-state index contributed by atoms with van der Waals surface area (Å²) in [6, 6.07) is 2.34. The topological polar surface area (TPSA) is 68.5 Å². The molecule has 3 fully saturated rings. The van der Waals surface area contributed by atoms with Crippen molar-refractivity contribution in [3.05, 3.63) is 16.7 Å². The van der Waals surface area contributed by atoms with Gasteiger partial charge in [0.1, 0.15) is 24.1 Å². The van der Waals surface area contributed by atoms with Gasteiger partial charge in [-0.1, -0.05) is 0 Å². The largest absolute Gasteiger partial charge is 0.461 e.